The van der Waals surface area contributed by atoms with Gasteiger partial charge in [0.05, 0.1) is 12.3 Å². The number of nitrogens with zero attached hydrogens (tertiary/aromatic N) is 5. The Hall–Kier alpha value is -2.42. The Morgan fingerprint density at radius 2 is 1.97 bits per heavy atom. The van der Waals surface area contributed by atoms with Crippen LogP contribution in [-0.4, -0.2) is 70.2 Å². The molecule has 1 aliphatic carbocycles. The fraction of sp³-hybridized carbons (Fsp3) is 0.591. The molecule has 8 nitrogen and oxygen atoms in total. The molecule has 0 radical (unpaired) electrons. The molecule has 1 saturated heterocycles. The molecule has 1 aromatic carbocycles. The number of carbonyl (C=O) groups is 1. The van der Waals surface area contributed by atoms with Crippen molar-refractivity contribution in [2.24, 2.45) is 0 Å². The predicted octanol–water partition coefficient (Wildman–Crippen LogP) is 2.99. The average Bonchev–Trinajstić information content (AvgIpc) is 3.32. The van der Waals surface area contributed by atoms with Gasteiger partial charge >= 0.3 is 0 Å². The maximum absolute atomic E-state index is 13.0. The van der Waals surface area contributed by atoms with Crippen LogP contribution in [0.15, 0.2) is 29.4 Å². The molecule has 5 rings (SSSR count). The first kappa shape index (κ1) is 20.5. The Labute approximate surface area is 186 Å². The number of para-hydroxylation sites is 2. The summed E-state index contributed by atoms with van der Waals surface area (Å²) in [7, 11) is 0. The molecule has 1 aromatic heterocycles. The first-order valence-electron chi connectivity index (χ1n) is 11.2. The fourth-order valence-corrected chi connectivity index (χ4v) is 5.08. The van der Waals surface area contributed by atoms with Crippen LogP contribution in [0.2, 0.25) is 0 Å². The van der Waals surface area contributed by atoms with E-state index in [1.54, 1.807) is 0 Å². The minimum atomic E-state index is -0.166. The average molecular weight is 444 g/mol. The van der Waals surface area contributed by atoms with Gasteiger partial charge in [0.2, 0.25) is 11.9 Å². The summed E-state index contributed by atoms with van der Waals surface area (Å²) in [5, 5.41) is 9.77. The summed E-state index contributed by atoms with van der Waals surface area (Å²) in [5.74, 6) is 2.92. The van der Waals surface area contributed by atoms with E-state index in [-0.39, 0.29) is 12.0 Å². The molecule has 2 fully saturated rings. The highest BCUT2D eigenvalue weighted by atomic mass is 32.2. The first-order chi connectivity index (χ1) is 15.2. The van der Waals surface area contributed by atoms with Gasteiger partial charge in [-0.1, -0.05) is 23.9 Å². The third-order valence-electron chi connectivity index (χ3n) is 6.00. The number of aromatic nitrogens is 3. The maximum atomic E-state index is 13.0. The minimum absolute atomic E-state index is 0.0861. The van der Waals surface area contributed by atoms with Crippen molar-refractivity contribution >= 4 is 23.6 Å². The number of hydrogen-bond acceptors (Lipinski definition) is 7. The van der Waals surface area contributed by atoms with E-state index >= 15 is 0 Å². The monoisotopic (exact) mass is 443 g/mol. The van der Waals surface area contributed by atoms with Crippen LogP contribution in [0.3, 0.4) is 0 Å². The molecule has 0 spiro atoms. The topological polar surface area (TPSA) is 72.7 Å². The van der Waals surface area contributed by atoms with Crippen molar-refractivity contribution in [1.82, 2.24) is 19.7 Å². The molecule has 3 heterocycles. The van der Waals surface area contributed by atoms with Crippen LogP contribution in [-0.2, 0) is 4.79 Å². The van der Waals surface area contributed by atoms with E-state index in [4.69, 9.17) is 9.47 Å². The molecule has 2 aromatic rings. The molecule has 1 saturated carbocycles. The van der Waals surface area contributed by atoms with Crippen molar-refractivity contribution in [1.29, 1.82) is 0 Å². The molecule has 1 atom stereocenters. The van der Waals surface area contributed by atoms with Gasteiger partial charge in [-0.2, -0.15) is 0 Å². The summed E-state index contributed by atoms with van der Waals surface area (Å²) in [6.45, 7) is 5.69. The Kier molecular flexibility index (Phi) is 5.93. The van der Waals surface area contributed by atoms with Crippen LogP contribution in [0.5, 0.6) is 11.5 Å². The molecule has 2 aliphatic heterocycles. The number of carbonyl (C=O) groups excluding carboxylic acids is 1. The number of ether oxygens (including phenoxy) is 2. The van der Waals surface area contributed by atoms with Crippen molar-refractivity contribution in [3.63, 3.8) is 0 Å². The van der Waals surface area contributed by atoms with E-state index in [0.29, 0.717) is 31.5 Å². The summed E-state index contributed by atoms with van der Waals surface area (Å²) in [4.78, 5) is 17.1. The van der Waals surface area contributed by atoms with Gasteiger partial charge in [-0.15, -0.1) is 10.2 Å². The van der Waals surface area contributed by atoms with E-state index in [2.05, 4.69) is 19.7 Å². The smallest absolute Gasteiger partial charge is 0.233 e. The van der Waals surface area contributed by atoms with Gasteiger partial charge in [0.15, 0.2) is 22.8 Å². The number of benzene rings is 1. The van der Waals surface area contributed by atoms with Gasteiger partial charge in [-0.3, -0.25) is 9.36 Å². The van der Waals surface area contributed by atoms with E-state index in [1.807, 2.05) is 36.1 Å². The standard InChI is InChI=1S/C22H29N5O3S/c1-2-25(13-17-14-29-18-7-3-4-8-19(18)30-17)20(28)15-31-22-24-23-21(26-11-5-6-12-26)27(22)16-9-10-16/h3-4,7-8,16-17H,2,5-6,9-15H2,1H3. The van der Waals surface area contributed by atoms with Crippen LogP contribution in [0.4, 0.5) is 5.95 Å². The zero-order chi connectivity index (χ0) is 21.2. The van der Waals surface area contributed by atoms with Crippen molar-refractivity contribution < 1.29 is 14.3 Å². The summed E-state index contributed by atoms with van der Waals surface area (Å²) in [6, 6.07) is 8.14. The van der Waals surface area contributed by atoms with Crippen molar-refractivity contribution in [2.75, 3.05) is 43.4 Å². The van der Waals surface area contributed by atoms with Crippen LogP contribution < -0.4 is 14.4 Å². The number of rotatable bonds is 8. The van der Waals surface area contributed by atoms with Gasteiger partial charge in [0.1, 0.15) is 6.61 Å². The zero-order valence-electron chi connectivity index (χ0n) is 17.9. The molecule has 0 bridgehead atoms. The number of anilines is 1. The Bertz CT molecular complexity index is 926. The first-order valence-corrected chi connectivity index (χ1v) is 12.2. The minimum Gasteiger partial charge on any atom is -0.486 e. The fourth-order valence-electron chi connectivity index (χ4n) is 4.18. The van der Waals surface area contributed by atoms with Crippen LogP contribution in [0.25, 0.3) is 0 Å². The summed E-state index contributed by atoms with van der Waals surface area (Å²) < 4.78 is 14.1. The Morgan fingerprint density at radius 1 is 1.19 bits per heavy atom. The Balaban J connectivity index is 1.20. The maximum Gasteiger partial charge on any atom is 0.233 e. The summed E-state index contributed by atoms with van der Waals surface area (Å²) in [6.07, 6.45) is 4.59. The molecule has 31 heavy (non-hydrogen) atoms. The Morgan fingerprint density at radius 3 is 2.71 bits per heavy atom. The van der Waals surface area contributed by atoms with Crippen molar-refractivity contribution in [3.05, 3.63) is 24.3 Å². The van der Waals surface area contributed by atoms with Crippen molar-refractivity contribution in [3.8, 4) is 11.5 Å². The lowest BCUT2D eigenvalue weighted by Gasteiger charge is -2.30. The molecule has 1 unspecified atom stereocenters. The second-order valence-corrected chi connectivity index (χ2v) is 9.24. The lowest BCUT2D eigenvalue weighted by molar-refractivity contribution is -0.129. The lowest BCUT2D eigenvalue weighted by atomic mass is 10.2. The zero-order valence-corrected chi connectivity index (χ0v) is 18.7. The number of hydrogen-bond donors (Lipinski definition) is 0. The third kappa shape index (κ3) is 4.46. The van der Waals surface area contributed by atoms with Gasteiger partial charge in [-0.05, 0) is 44.7 Å². The molecule has 166 valence electrons. The van der Waals surface area contributed by atoms with Gasteiger partial charge in [0.25, 0.3) is 0 Å². The molecule has 0 N–H and O–H groups in total. The normalized spacial score (nSPS) is 20.2. The number of amides is 1. The highest BCUT2D eigenvalue weighted by molar-refractivity contribution is 7.99. The van der Waals surface area contributed by atoms with E-state index < -0.39 is 0 Å². The van der Waals surface area contributed by atoms with Gasteiger partial charge in [-0.25, -0.2) is 0 Å². The lowest BCUT2D eigenvalue weighted by Crippen LogP contribution is -2.44. The molecule has 3 aliphatic rings. The van der Waals surface area contributed by atoms with E-state index in [1.165, 1.54) is 37.4 Å². The number of thioether (sulfide) groups is 1. The highest BCUT2D eigenvalue weighted by Gasteiger charge is 2.33. The predicted molar refractivity (Wildman–Crippen MR) is 119 cm³/mol. The summed E-state index contributed by atoms with van der Waals surface area (Å²) in [5.41, 5.74) is 0. The van der Waals surface area contributed by atoms with Gasteiger partial charge < -0.3 is 19.3 Å². The van der Waals surface area contributed by atoms with Gasteiger partial charge in [0, 0.05) is 25.7 Å². The molecular weight excluding hydrogens is 414 g/mol. The second kappa shape index (κ2) is 8.98. The van der Waals surface area contributed by atoms with E-state index in [9.17, 15) is 4.79 Å². The molecule has 9 heteroatoms. The third-order valence-corrected chi connectivity index (χ3v) is 6.93. The SMILES string of the molecule is CCN(CC1COc2ccccc2O1)C(=O)CSc1nnc(N2CCCC2)n1C1CC1. The second-order valence-electron chi connectivity index (χ2n) is 8.30. The van der Waals surface area contributed by atoms with Crippen LogP contribution in [0.1, 0.15) is 38.6 Å². The number of likely N-dealkylation sites (N-methyl/N-ethyl adjacent to an activating group) is 1. The van der Waals surface area contributed by atoms with Crippen LogP contribution >= 0.6 is 11.8 Å². The number of fused-ring (bicyclic) bond motifs is 1. The summed E-state index contributed by atoms with van der Waals surface area (Å²) >= 11 is 1.50. The van der Waals surface area contributed by atoms with E-state index in [0.717, 1.165) is 35.7 Å². The quantitative estimate of drug-likeness (QED) is 0.581. The largest absolute Gasteiger partial charge is 0.486 e. The molecule has 1 amide bonds. The van der Waals surface area contributed by atoms with Crippen LogP contribution in [0, 0.1) is 0 Å². The molecular formula is C22H29N5O3S. The highest BCUT2D eigenvalue weighted by Crippen LogP contribution is 2.41. The van der Waals surface area contributed by atoms with Crippen molar-refractivity contribution in [2.45, 2.75) is 49.9 Å².